The number of hydrogen-bond acceptors (Lipinski definition) is 4. The minimum absolute atomic E-state index is 0.622. The van der Waals surface area contributed by atoms with Crippen molar-refractivity contribution >= 4 is 0 Å². The Bertz CT molecular complexity index is 494. The van der Waals surface area contributed by atoms with Crippen LogP contribution in [0.2, 0.25) is 0 Å². The van der Waals surface area contributed by atoms with Gasteiger partial charge in [0.1, 0.15) is 5.69 Å². The second-order valence-corrected chi connectivity index (χ2v) is 2.87. The Morgan fingerprint density at radius 2 is 2.40 bits per heavy atom. The van der Waals surface area contributed by atoms with Crippen molar-refractivity contribution in [2.24, 2.45) is 0 Å². The fraction of sp³-hybridized carbons (Fsp3) is 0.182. The van der Waals surface area contributed by atoms with Crippen molar-refractivity contribution in [1.82, 2.24) is 15.4 Å². The van der Waals surface area contributed by atoms with Gasteiger partial charge in [-0.05, 0) is 18.1 Å². The van der Waals surface area contributed by atoms with Gasteiger partial charge in [-0.3, -0.25) is 0 Å². The molecule has 0 amide bonds. The Morgan fingerprint density at radius 3 is 3.13 bits per heavy atom. The van der Waals surface area contributed by atoms with Crippen LogP contribution in [0.25, 0.3) is 11.3 Å². The van der Waals surface area contributed by atoms with Gasteiger partial charge in [-0.1, -0.05) is 12.8 Å². The topological polar surface area (TPSA) is 51.8 Å². The molecule has 0 radical (unpaired) electrons. The third kappa shape index (κ3) is 2.20. The van der Waals surface area contributed by atoms with Gasteiger partial charge in [0.05, 0.1) is 6.20 Å². The van der Waals surface area contributed by atoms with Crippen molar-refractivity contribution in [3.05, 3.63) is 30.2 Å². The summed E-state index contributed by atoms with van der Waals surface area (Å²) in [6.07, 6.45) is 4.07. The minimum Gasteiger partial charge on any atom is -0.337 e. The molecule has 0 saturated heterocycles. The molecular formula is C11H9N3O. The Hall–Kier alpha value is -2.15. The van der Waals surface area contributed by atoms with E-state index in [9.17, 15) is 0 Å². The largest absolute Gasteiger partial charge is 0.337 e. The molecule has 2 aromatic heterocycles. The van der Waals surface area contributed by atoms with Crippen LogP contribution in [-0.2, 0) is 0 Å². The number of hydrogen-bond donors (Lipinski definition) is 0. The van der Waals surface area contributed by atoms with E-state index in [1.807, 2.05) is 19.1 Å². The molecule has 0 N–H and O–H groups in total. The number of rotatable bonds is 1. The first-order valence-corrected chi connectivity index (χ1v) is 4.63. The highest BCUT2D eigenvalue weighted by Crippen LogP contribution is 2.16. The predicted octanol–water partition coefficient (Wildman–Crippen LogP) is 1.89. The molecule has 0 aromatic carbocycles. The molecular weight excluding hydrogens is 190 g/mol. The Morgan fingerprint density at radius 1 is 1.47 bits per heavy atom. The van der Waals surface area contributed by atoms with Crippen LogP contribution in [0, 0.1) is 11.8 Å². The van der Waals surface area contributed by atoms with Gasteiger partial charge in [-0.15, -0.1) is 5.10 Å². The van der Waals surface area contributed by atoms with Gasteiger partial charge in [0, 0.05) is 23.5 Å². The Balaban J connectivity index is 2.35. The average molecular weight is 199 g/mol. The van der Waals surface area contributed by atoms with Crippen LogP contribution in [0.1, 0.15) is 19.0 Å². The average Bonchev–Trinajstić information content (AvgIpc) is 2.80. The molecule has 4 nitrogen and oxygen atoms in total. The summed E-state index contributed by atoms with van der Waals surface area (Å²) in [4.78, 5) is 4.13. The highest BCUT2D eigenvalue weighted by Gasteiger charge is 2.02. The highest BCUT2D eigenvalue weighted by atomic mass is 16.5. The summed E-state index contributed by atoms with van der Waals surface area (Å²) in [6.45, 7) is 2.00. The summed E-state index contributed by atoms with van der Waals surface area (Å²) < 4.78 is 4.94. The summed E-state index contributed by atoms with van der Waals surface area (Å²) in [6, 6.07) is 3.68. The van der Waals surface area contributed by atoms with Crippen LogP contribution in [0.5, 0.6) is 0 Å². The van der Waals surface area contributed by atoms with Crippen molar-refractivity contribution in [2.45, 2.75) is 13.3 Å². The summed E-state index contributed by atoms with van der Waals surface area (Å²) in [5.74, 6) is 6.54. The lowest BCUT2D eigenvalue weighted by Crippen LogP contribution is -1.83. The van der Waals surface area contributed by atoms with Crippen LogP contribution < -0.4 is 0 Å². The molecule has 0 fully saturated rings. The van der Waals surface area contributed by atoms with Crippen molar-refractivity contribution in [1.29, 1.82) is 0 Å². The van der Waals surface area contributed by atoms with E-state index in [1.165, 1.54) is 0 Å². The maximum atomic E-state index is 4.94. The van der Waals surface area contributed by atoms with Gasteiger partial charge < -0.3 is 4.52 Å². The molecule has 0 aliphatic carbocycles. The fourth-order valence-corrected chi connectivity index (χ4v) is 1.13. The minimum atomic E-state index is 0.622. The zero-order chi connectivity index (χ0) is 10.5. The lowest BCUT2D eigenvalue weighted by Gasteiger charge is -1.94. The van der Waals surface area contributed by atoms with Crippen LogP contribution >= 0.6 is 0 Å². The van der Waals surface area contributed by atoms with E-state index in [-0.39, 0.29) is 0 Å². The zero-order valence-corrected chi connectivity index (χ0v) is 8.27. The first-order chi connectivity index (χ1) is 7.40. The SMILES string of the molecule is CCC#Cc1cc(-c2cnno2)ccn1. The highest BCUT2D eigenvalue weighted by molar-refractivity contribution is 5.57. The molecule has 0 bridgehead atoms. The van der Waals surface area contributed by atoms with E-state index in [1.54, 1.807) is 12.4 Å². The maximum Gasteiger partial charge on any atom is 0.187 e. The van der Waals surface area contributed by atoms with Crippen LogP contribution in [0.4, 0.5) is 0 Å². The molecule has 0 aliphatic heterocycles. The van der Waals surface area contributed by atoms with Crippen molar-refractivity contribution in [3.8, 4) is 23.2 Å². The number of aromatic nitrogens is 3. The first-order valence-electron chi connectivity index (χ1n) is 4.63. The standard InChI is InChI=1S/C11H9N3O/c1-2-3-4-10-7-9(5-6-12-10)11-8-13-14-15-11/h5-8H,2H2,1H3. The van der Waals surface area contributed by atoms with E-state index in [2.05, 4.69) is 27.2 Å². The van der Waals surface area contributed by atoms with Gasteiger partial charge in [-0.25, -0.2) is 4.98 Å². The summed E-state index contributed by atoms with van der Waals surface area (Å²) in [5, 5.41) is 7.03. The zero-order valence-electron chi connectivity index (χ0n) is 8.27. The quantitative estimate of drug-likeness (QED) is 0.658. The van der Waals surface area contributed by atoms with Crippen molar-refractivity contribution < 1.29 is 4.52 Å². The summed E-state index contributed by atoms with van der Waals surface area (Å²) in [7, 11) is 0. The van der Waals surface area contributed by atoms with Gasteiger partial charge in [0.25, 0.3) is 0 Å². The molecule has 4 heteroatoms. The Labute approximate surface area is 87.3 Å². The molecule has 2 aromatic rings. The monoisotopic (exact) mass is 199 g/mol. The van der Waals surface area contributed by atoms with E-state index in [0.29, 0.717) is 5.76 Å². The van der Waals surface area contributed by atoms with E-state index in [0.717, 1.165) is 17.7 Å². The predicted molar refractivity (Wildman–Crippen MR) is 54.7 cm³/mol. The molecule has 0 spiro atoms. The molecule has 0 unspecified atom stereocenters. The number of nitrogens with zero attached hydrogens (tertiary/aromatic N) is 3. The molecule has 15 heavy (non-hydrogen) atoms. The second kappa shape index (κ2) is 4.38. The van der Waals surface area contributed by atoms with E-state index >= 15 is 0 Å². The first kappa shape index (κ1) is 9.41. The normalized spacial score (nSPS) is 9.40. The van der Waals surface area contributed by atoms with E-state index < -0.39 is 0 Å². The van der Waals surface area contributed by atoms with Crippen molar-refractivity contribution in [3.63, 3.8) is 0 Å². The fourth-order valence-electron chi connectivity index (χ4n) is 1.13. The van der Waals surface area contributed by atoms with Gasteiger partial charge in [-0.2, -0.15) is 0 Å². The Kier molecular flexibility index (Phi) is 2.75. The second-order valence-electron chi connectivity index (χ2n) is 2.87. The van der Waals surface area contributed by atoms with E-state index in [4.69, 9.17) is 4.52 Å². The molecule has 0 saturated carbocycles. The molecule has 74 valence electrons. The lowest BCUT2D eigenvalue weighted by atomic mass is 10.2. The molecule has 2 heterocycles. The molecule has 2 rings (SSSR count). The maximum absolute atomic E-state index is 4.94. The van der Waals surface area contributed by atoms with Gasteiger partial charge in [0.2, 0.25) is 0 Å². The van der Waals surface area contributed by atoms with Gasteiger partial charge in [0.15, 0.2) is 5.76 Å². The third-order valence-corrected chi connectivity index (χ3v) is 1.80. The van der Waals surface area contributed by atoms with Crippen molar-refractivity contribution in [2.75, 3.05) is 0 Å². The molecule has 0 aliphatic rings. The summed E-state index contributed by atoms with van der Waals surface area (Å²) >= 11 is 0. The molecule has 0 atom stereocenters. The van der Waals surface area contributed by atoms with Crippen LogP contribution in [0.15, 0.2) is 29.0 Å². The number of pyridine rings is 1. The third-order valence-electron chi connectivity index (χ3n) is 1.80. The smallest absolute Gasteiger partial charge is 0.187 e. The lowest BCUT2D eigenvalue weighted by molar-refractivity contribution is 0.403. The van der Waals surface area contributed by atoms with Gasteiger partial charge >= 0.3 is 0 Å². The van der Waals surface area contributed by atoms with Crippen LogP contribution in [-0.4, -0.2) is 15.4 Å². The van der Waals surface area contributed by atoms with Crippen LogP contribution in [0.3, 0.4) is 0 Å². The summed E-state index contributed by atoms with van der Waals surface area (Å²) in [5.41, 5.74) is 1.61.